The highest BCUT2D eigenvalue weighted by Gasteiger charge is 2.20. The predicted molar refractivity (Wildman–Crippen MR) is 136 cm³/mol. The number of thiophene rings is 1. The van der Waals surface area contributed by atoms with E-state index in [0.717, 1.165) is 15.8 Å². The number of ketones is 1. The van der Waals surface area contributed by atoms with Gasteiger partial charge in [0.1, 0.15) is 9.53 Å². The summed E-state index contributed by atoms with van der Waals surface area (Å²) < 4.78 is 2.32. The molecule has 0 N–H and O–H groups in total. The summed E-state index contributed by atoms with van der Waals surface area (Å²) in [5.41, 5.74) is 2.38. The van der Waals surface area contributed by atoms with Gasteiger partial charge in [-0.15, -0.1) is 11.3 Å². The van der Waals surface area contributed by atoms with Crippen LogP contribution in [-0.2, 0) is 6.54 Å². The number of carbonyl (C=O) groups excluding carboxylic acids is 1. The van der Waals surface area contributed by atoms with Crippen molar-refractivity contribution in [3.8, 4) is 0 Å². The monoisotopic (exact) mass is 471 g/mol. The maximum atomic E-state index is 13.6. The number of pyridine rings is 1. The van der Waals surface area contributed by atoms with Crippen molar-refractivity contribution in [3.05, 3.63) is 100 Å². The van der Waals surface area contributed by atoms with Gasteiger partial charge in [-0.3, -0.25) is 14.2 Å². The normalized spacial score (nSPS) is 12.3. The van der Waals surface area contributed by atoms with Gasteiger partial charge in [0.2, 0.25) is 0 Å². The molecule has 0 radical (unpaired) electrons. The van der Waals surface area contributed by atoms with Crippen molar-refractivity contribution in [1.82, 2.24) is 14.5 Å². The third-order valence-electron chi connectivity index (χ3n) is 5.57. The molecule has 0 spiro atoms. The van der Waals surface area contributed by atoms with Crippen LogP contribution in [-0.4, -0.2) is 26.1 Å². The molecule has 1 atom stereocenters. The van der Waals surface area contributed by atoms with E-state index in [1.54, 1.807) is 10.8 Å². The van der Waals surface area contributed by atoms with Gasteiger partial charge in [-0.1, -0.05) is 79.3 Å². The molecular formula is C26H21N3O2S2. The number of hydrogen-bond acceptors (Lipinski definition) is 6. The van der Waals surface area contributed by atoms with E-state index in [4.69, 9.17) is 4.98 Å². The van der Waals surface area contributed by atoms with Crippen LogP contribution in [0.4, 0.5) is 0 Å². The number of Topliss-reactive ketones (excluding diaryl/α,β-unsaturated/α-hetero) is 1. The second-order valence-electron chi connectivity index (χ2n) is 7.84. The first-order valence-electron chi connectivity index (χ1n) is 10.7. The van der Waals surface area contributed by atoms with E-state index in [2.05, 4.69) is 24.0 Å². The highest BCUT2D eigenvalue weighted by atomic mass is 32.2. The Morgan fingerprint density at radius 2 is 1.76 bits per heavy atom. The minimum Gasteiger partial charge on any atom is -0.293 e. The van der Waals surface area contributed by atoms with Gasteiger partial charge in [0.05, 0.1) is 11.3 Å². The Labute approximate surface area is 199 Å². The summed E-state index contributed by atoms with van der Waals surface area (Å²) in [6.45, 7) is 2.58. The molecule has 0 saturated heterocycles. The Morgan fingerprint density at radius 1 is 1.03 bits per heavy atom. The van der Waals surface area contributed by atoms with E-state index in [1.165, 1.54) is 23.1 Å². The molecule has 5 nitrogen and oxygen atoms in total. The van der Waals surface area contributed by atoms with Crippen molar-refractivity contribution in [1.29, 1.82) is 0 Å². The predicted octanol–water partition coefficient (Wildman–Crippen LogP) is 5.78. The van der Waals surface area contributed by atoms with Crippen LogP contribution < -0.4 is 5.56 Å². The molecule has 0 aliphatic rings. The molecule has 2 aromatic carbocycles. The zero-order valence-electron chi connectivity index (χ0n) is 18.0. The van der Waals surface area contributed by atoms with Crippen molar-refractivity contribution in [2.75, 3.05) is 5.75 Å². The van der Waals surface area contributed by atoms with Gasteiger partial charge in [0, 0.05) is 23.7 Å². The summed E-state index contributed by atoms with van der Waals surface area (Å²) in [4.78, 5) is 36.4. The van der Waals surface area contributed by atoms with E-state index >= 15 is 0 Å². The van der Waals surface area contributed by atoms with Crippen molar-refractivity contribution in [2.45, 2.75) is 24.5 Å². The standard InChI is InChI=1S/C26H21N3O2S2/c1-17(18-9-4-2-5-10-18)15-29-25(31)23-22(20-13-8-14-27-24(20)33-23)28-26(29)32-16-21(30)19-11-6-3-7-12-19/h2-14,17H,15-16H2,1H3. The lowest BCUT2D eigenvalue weighted by Crippen LogP contribution is -2.25. The number of fused-ring (bicyclic) bond motifs is 3. The minimum atomic E-state index is -0.0829. The van der Waals surface area contributed by atoms with Gasteiger partial charge in [0.25, 0.3) is 5.56 Å². The van der Waals surface area contributed by atoms with Crippen molar-refractivity contribution < 1.29 is 4.79 Å². The first-order chi connectivity index (χ1) is 16.1. The second-order valence-corrected chi connectivity index (χ2v) is 9.78. The minimum absolute atomic E-state index is 0.00875. The maximum Gasteiger partial charge on any atom is 0.272 e. The van der Waals surface area contributed by atoms with Gasteiger partial charge in [-0.2, -0.15) is 0 Å². The summed E-state index contributed by atoms with van der Waals surface area (Å²) in [6.07, 6.45) is 1.72. The third kappa shape index (κ3) is 4.34. The Morgan fingerprint density at radius 3 is 2.52 bits per heavy atom. The summed E-state index contributed by atoms with van der Waals surface area (Å²) in [5, 5.41) is 1.43. The van der Waals surface area contributed by atoms with Crippen LogP contribution in [0.2, 0.25) is 0 Å². The third-order valence-corrected chi connectivity index (χ3v) is 7.64. The fraction of sp³-hybridized carbons (Fsp3) is 0.154. The number of carbonyl (C=O) groups is 1. The van der Waals surface area contributed by atoms with Gasteiger partial charge in [-0.05, 0) is 23.6 Å². The highest BCUT2D eigenvalue weighted by Crippen LogP contribution is 2.31. The Kier molecular flexibility index (Phi) is 6.07. The molecular weight excluding hydrogens is 450 g/mol. The summed E-state index contributed by atoms with van der Waals surface area (Å²) in [5.74, 6) is 0.330. The zero-order chi connectivity index (χ0) is 22.8. The molecule has 7 heteroatoms. The summed E-state index contributed by atoms with van der Waals surface area (Å²) in [7, 11) is 0. The van der Waals surface area contributed by atoms with E-state index in [0.29, 0.717) is 27.5 Å². The summed E-state index contributed by atoms with van der Waals surface area (Å²) in [6, 6.07) is 23.1. The maximum absolute atomic E-state index is 13.6. The molecule has 0 aliphatic heterocycles. The van der Waals surface area contributed by atoms with Gasteiger partial charge in [-0.25, -0.2) is 9.97 Å². The number of thioether (sulfide) groups is 1. The number of rotatable bonds is 7. The first kappa shape index (κ1) is 21.6. The van der Waals surface area contributed by atoms with E-state index in [-0.39, 0.29) is 23.0 Å². The van der Waals surface area contributed by atoms with E-state index in [9.17, 15) is 9.59 Å². The number of benzene rings is 2. The highest BCUT2D eigenvalue weighted by molar-refractivity contribution is 7.99. The average Bonchev–Trinajstić information content (AvgIpc) is 3.24. The Balaban J connectivity index is 1.57. The van der Waals surface area contributed by atoms with Crippen LogP contribution >= 0.6 is 23.1 Å². The molecule has 5 aromatic rings. The largest absolute Gasteiger partial charge is 0.293 e. The molecule has 164 valence electrons. The van der Waals surface area contributed by atoms with Gasteiger partial charge < -0.3 is 0 Å². The molecule has 0 saturated carbocycles. The summed E-state index contributed by atoms with van der Waals surface area (Å²) >= 11 is 2.69. The lowest BCUT2D eigenvalue weighted by Gasteiger charge is -2.17. The molecule has 33 heavy (non-hydrogen) atoms. The molecule has 3 aromatic heterocycles. The quantitative estimate of drug-likeness (QED) is 0.171. The smallest absolute Gasteiger partial charge is 0.272 e. The van der Waals surface area contributed by atoms with Crippen LogP contribution in [0, 0.1) is 0 Å². The van der Waals surface area contributed by atoms with Gasteiger partial charge in [0.15, 0.2) is 10.9 Å². The topological polar surface area (TPSA) is 64.8 Å². The number of nitrogens with zero attached hydrogens (tertiary/aromatic N) is 3. The molecule has 3 heterocycles. The zero-order valence-corrected chi connectivity index (χ0v) is 19.6. The van der Waals surface area contributed by atoms with Crippen LogP contribution in [0.3, 0.4) is 0 Å². The Hall–Kier alpha value is -3.29. The van der Waals surface area contributed by atoms with E-state index < -0.39 is 0 Å². The van der Waals surface area contributed by atoms with Crippen LogP contribution in [0.15, 0.2) is 88.9 Å². The van der Waals surface area contributed by atoms with Crippen LogP contribution in [0.5, 0.6) is 0 Å². The van der Waals surface area contributed by atoms with Crippen molar-refractivity contribution in [2.24, 2.45) is 0 Å². The molecule has 0 bridgehead atoms. The molecule has 0 aliphatic carbocycles. The molecule has 0 amide bonds. The molecule has 5 rings (SSSR count). The van der Waals surface area contributed by atoms with E-state index in [1.807, 2.05) is 60.7 Å². The van der Waals surface area contributed by atoms with Crippen LogP contribution in [0.1, 0.15) is 28.8 Å². The Bertz CT molecular complexity index is 1490. The molecule has 0 fully saturated rings. The lowest BCUT2D eigenvalue weighted by molar-refractivity contribution is 0.102. The second kappa shape index (κ2) is 9.29. The van der Waals surface area contributed by atoms with Crippen molar-refractivity contribution in [3.63, 3.8) is 0 Å². The fourth-order valence-corrected chi connectivity index (χ4v) is 5.74. The SMILES string of the molecule is CC(Cn1c(SCC(=O)c2ccccc2)nc2c(sc3ncccc32)c1=O)c1ccccc1. The average molecular weight is 472 g/mol. The lowest BCUT2D eigenvalue weighted by atomic mass is 10.0. The molecule has 1 unspecified atom stereocenters. The van der Waals surface area contributed by atoms with Crippen molar-refractivity contribution >= 4 is 49.3 Å². The first-order valence-corrected chi connectivity index (χ1v) is 12.5. The number of hydrogen-bond donors (Lipinski definition) is 0. The number of aromatic nitrogens is 3. The van der Waals surface area contributed by atoms with Crippen LogP contribution in [0.25, 0.3) is 20.4 Å². The fourth-order valence-electron chi connectivity index (χ4n) is 3.81. The van der Waals surface area contributed by atoms with Gasteiger partial charge >= 0.3 is 0 Å².